The van der Waals surface area contributed by atoms with E-state index in [1.807, 2.05) is 3.28 Å². The summed E-state index contributed by atoms with van der Waals surface area (Å²) in [5.41, 5.74) is 20.4. The van der Waals surface area contributed by atoms with Gasteiger partial charge in [-0.1, -0.05) is 0 Å². The van der Waals surface area contributed by atoms with Crippen LogP contribution in [-0.2, 0) is 50.3 Å². The molecule has 0 nitrogen and oxygen atoms in total. The van der Waals surface area contributed by atoms with Gasteiger partial charge in [0.2, 0.25) is 0 Å². The standard InChI is InChI=1S/C29H41.C24H25.2ClH.Zr/c1-26(2,3)22-14-18-13-19-15-23(27(4,5)6)25(29(10,11)12)17-21(19)20(18)16-24(22)28(7,8)9;1-5-17-16-20-22(23(2,3)4)21(17)24(20,18-12-8-6-9-13-18)19-14-10-7-11-15-19;;;/h13-17H,1-12H3;6-15,17H,5H2,1-4H3;2*1H;/q;;;;+2/p-2. The molecule has 0 aromatic heterocycles. The van der Waals surface area contributed by atoms with Crippen LogP contribution in [0.3, 0.4) is 0 Å². The van der Waals surface area contributed by atoms with E-state index in [4.69, 9.17) is 0 Å². The van der Waals surface area contributed by atoms with Crippen LogP contribution >= 0.6 is 0 Å². The Morgan fingerprint density at radius 1 is 0.500 bits per heavy atom. The molecule has 8 rings (SSSR count). The molecule has 0 aliphatic heterocycles. The Morgan fingerprint density at radius 3 is 1.18 bits per heavy atom. The molecule has 0 saturated carbocycles. The second-order valence-corrected chi connectivity index (χ2v) is 25.3. The fourth-order valence-corrected chi connectivity index (χ4v) is 15.5. The summed E-state index contributed by atoms with van der Waals surface area (Å²) in [7, 11) is 0. The van der Waals surface area contributed by atoms with E-state index in [9.17, 15) is 0 Å². The summed E-state index contributed by atoms with van der Waals surface area (Å²) in [6.45, 7) is 38.9. The van der Waals surface area contributed by atoms with Gasteiger partial charge in [0, 0.05) is 0 Å². The molecule has 1 atom stereocenters. The van der Waals surface area contributed by atoms with Crippen molar-refractivity contribution in [2.45, 2.75) is 148 Å². The van der Waals surface area contributed by atoms with Crippen LogP contribution in [0.5, 0.6) is 0 Å². The van der Waals surface area contributed by atoms with Crippen molar-refractivity contribution in [3.63, 3.8) is 0 Å². The minimum absolute atomic E-state index is 0. The number of allylic oxidation sites excluding steroid dienone is 4. The molecule has 2 bridgehead atoms. The van der Waals surface area contributed by atoms with Crippen LogP contribution in [0.1, 0.15) is 165 Å². The number of fused-ring (bicyclic) bond motifs is 4. The molecule has 4 aromatic rings. The van der Waals surface area contributed by atoms with Crippen LogP contribution in [0.15, 0.2) is 105 Å². The molecule has 56 heavy (non-hydrogen) atoms. The van der Waals surface area contributed by atoms with Crippen LogP contribution in [0.25, 0.3) is 11.1 Å². The smallest absolute Gasteiger partial charge is 1.00 e. The molecule has 0 spiro atoms. The summed E-state index contributed by atoms with van der Waals surface area (Å²) in [5.74, 6) is 0.501. The molecule has 4 aromatic carbocycles. The molecular weight excluding hydrogens is 799 g/mol. The van der Waals surface area contributed by atoms with Crippen molar-refractivity contribution in [2.75, 3.05) is 0 Å². The summed E-state index contributed by atoms with van der Waals surface area (Å²) in [5, 5.41) is 0. The van der Waals surface area contributed by atoms with Gasteiger partial charge in [-0.15, -0.1) is 0 Å². The first-order valence-corrected chi connectivity index (χ1v) is 23.3. The first-order valence-electron chi connectivity index (χ1n) is 20.7. The van der Waals surface area contributed by atoms with Gasteiger partial charge in [0.1, 0.15) is 0 Å². The van der Waals surface area contributed by atoms with E-state index in [1.165, 1.54) is 44.5 Å². The van der Waals surface area contributed by atoms with Crippen molar-refractivity contribution < 1.29 is 48.0 Å². The Kier molecular flexibility index (Phi) is 11.9. The quantitative estimate of drug-likeness (QED) is 0.189. The van der Waals surface area contributed by atoms with Crippen LogP contribution < -0.4 is 24.8 Å². The summed E-state index contributed by atoms with van der Waals surface area (Å²) < 4.78 is 2.32. The summed E-state index contributed by atoms with van der Waals surface area (Å²) in [6.07, 6.45) is 1.16. The molecule has 4 aliphatic rings. The first kappa shape index (κ1) is 44.9. The minimum Gasteiger partial charge on any atom is -1.00 e. The molecule has 4 aliphatic carbocycles. The molecule has 0 radical (unpaired) electrons. The van der Waals surface area contributed by atoms with Gasteiger partial charge >= 0.3 is 343 Å². The molecule has 0 saturated heterocycles. The Bertz CT molecular complexity index is 2060. The number of halogens is 2. The molecular formula is C53H66Cl2Zr. The third-order valence-corrected chi connectivity index (χ3v) is 17.1. The molecule has 1 unspecified atom stereocenters. The summed E-state index contributed by atoms with van der Waals surface area (Å²) in [4.78, 5) is 0. The fraction of sp³-hybridized carbons (Fsp3) is 0.472. The molecule has 0 heterocycles. The van der Waals surface area contributed by atoms with E-state index in [2.05, 4.69) is 196 Å². The Balaban J connectivity index is 0.00000300. The zero-order chi connectivity index (χ0) is 39.6. The van der Waals surface area contributed by atoms with Gasteiger partial charge in [-0.05, 0) is 0 Å². The zero-order valence-corrected chi connectivity index (χ0v) is 41.2. The maximum absolute atomic E-state index is 2.71. The number of hydrogen-bond donors (Lipinski definition) is 0. The van der Waals surface area contributed by atoms with Gasteiger partial charge in [-0.25, -0.2) is 0 Å². The van der Waals surface area contributed by atoms with Gasteiger partial charge in [-0.2, -0.15) is 0 Å². The first-order chi connectivity index (χ1) is 24.9. The van der Waals surface area contributed by atoms with E-state index < -0.39 is 23.2 Å². The summed E-state index contributed by atoms with van der Waals surface area (Å²) in [6, 6.07) is 33.8. The van der Waals surface area contributed by atoms with E-state index in [1.54, 1.807) is 27.8 Å². The average molecular weight is 865 g/mol. The van der Waals surface area contributed by atoms with Gasteiger partial charge in [0.15, 0.2) is 0 Å². The van der Waals surface area contributed by atoms with E-state index in [-0.39, 0.29) is 57.3 Å². The minimum atomic E-state index is -1.29. The number of rotatable bonds is 5. The van der Waals surface area contributed by atoms with Gasteiger partial charge in [-0.3, -0.25) is 0 Å². The molecule has 0 amide bonds. The second kappa shape index (κ2) is 14.8. The van der Waals surface area contributed by atoms with Gasteiger partial charge in [0.25, 0.3) is 0 Å². The largest absolute Gasteiger partial charge is 1.00 e. The zero-order valence-electron chi connectivity index (χ0n) is 37.2. The maximum atomic E-state index is 2.71. The maximum Gasteiger partial charge on any atom is -1.00 e. The van der Waals surface area contributed by atoms with Crippen LogP contribution in [-0.4, -0.2) is 0 Å². The average Bonchev–Trinajstić information content (AvgIpc) is 3.66. The van der Waals surface area contributed by atoms with Gasteiger partial charge in [0.05, 0.1) is 0 Å². The SMILES string of the molecule is CCC1[C]([Zr+2][CH]2c3cc(C(C)(C)C)c(C(C)(C)C)cc3-c3cc(C(C)(C)C)c(C(C)(C)C)cc32)=C2C(C(C)(C)C)=C1C2(c1ccccc1)c1ccccc1.[Cl-].[Cl-]. The molecule has 0 N–H and O–H groups in total. The molecule has 296 valence electrons. The van der Waals surface area contributed by atoms with Crippen LogP contribution in [0.4, 0.5) is 0 Å². The summed E-state index contributed by atoms with van der Waals surface area (Å²) >= 11 is -1.29. The van der Waals surface area contributed by atoms with E-state index in [0.717, 1.165) is 6.42 Å². The topological polar surface area (TPSA) is 0 Å². The predicted molar refractivity (Wildman–Crippen MR) is 229 cm³/mol. The van der Waals surface area contributed by atoms with Crippen LogP contribution in [0, 0.1) is 11.3 Å². The van der Waals surface area contributed by atoms with Crippen molar-refractivity contribution in [3.8, 4) is 11.1 Å². The Labute approximate surface area is 365 Å². The van der Waals surface area contributed by atoms with E-state index in [0.29, 0.717) is 9.54 Å². The monoisotopic (exact) mass is 862 g/mol. The number of benzene rings is 4. The Hall–Kier alpha value is -2.18. The normalized spacial score (nSPS) is 17.8. The van der Waals surface area contributed by atoms with Crippen molar-refractivity contribution in [1.82, 2.24) is 0 Å². The van der Waals surface area contributed by atoms with E-state index >= 15 is 0 Å². The fourth-order valence-electron chi connectivity index (χ4n) is 10.3. The second-order valence-electron chi connectivity index (χ2n) is 21.8. The predicted octanol–water partition coefficient (Wildman–Crippen LogP) is 8.67. The third-order valence-electron chi connectivity index (χ3n) is 12.7. The molecule has 3 heteroatoms. The van der Waals surface area contributed by atoms with Crippen molar-refractivity contribution in [1.29, 1.82) is 0 Å². The van der Waals surface area contributed by atoms with Crippen molar-refractivity contribution in [3.05, 3.63) is 149 Å². The van der Waals surface area contributed by atoms with Crippen molar-refractivity contribution >= 4 is 0 Å². The van der Waals surface area contributed by atoms with Crippen molar-refractivity contribution in [2.24, 2.45) is 11.3 Å². The molecule has 0 fully saturated rings. The number of hydrogen-bond acceptors (Lipinski definition) is 0. The van der Waals surface area contributed by atoms with Gasteiger partial charge < -0.3 is 24.8 Å². The third kappa shape index (κ3) is 7.05. The Morgan fingerprint density at radius 2 is 0.857 bits per heavy atom. The van der Waals surface area contributed by atoms with Crippen LogP contribution in [0.2, 0.25) is 0 Å².